The van der Waals surface area contributed by atoms with Crippen LogP contribution in [-0.2, 0) is 4.79 Å². The highest BCUT2D eigenvalue weighted by atomic mass is 19.4. The lowest BCUT2D eigenvalue weighted by molar-refractivity contribution is -0.192. The van der Waals surface area contributed by atoms with Gasteiger partial charge >= 0.3 is 12.1 Å². The van der Waals surface area contributed by atoms with Gasteiger partial charge < -0.3 is 10.4 Å². The summed E-state index contributed by atoms with van der Waals surface area (Å²) in [7, 11) is 0. The standard InChI is InChI=1S/C9H16N2.C2HF3O2/c1-3-4-8-5-7(2)6-9(10)11-8;3-2(4,5)1(6)7/h3,7-8H,1,4-6H2,2H3,(H2,10,11);(H,6,7). The van der Waals surface area contributed by atoms with Crippen LogP contribution in [0.4, 0.5) is 13.2 Å². The number of carbonyl (C=O) groups is 1. The molecule has 1 heterocycles. The Labute approximate surface area is 103 Å². The van der Waals surface area contributed by atoms with E-state index in [9.17, 15) is 13.2 Å². The van der Waals surface area contributed by atoms with Crippen molar-refractivity contribution in [3.05, 3.63) is 12.7 Å². The van der Waals surface area contributed by atoms with Crippen LogP contribution in [0.15, 0.2) is 12.7 Å². The van der Waals surface area contributed by atoms with E-state index < -0.39 is 12.1 Å². The van der Waals surface area contributed by atoms with Gasteiger partial charge in [0, 0.05) is 12.5 Å². The van der Waals surface area contributed by atoms with Crippen LogP contribution >= 0.6 is 0 Å². The summed E-state index contributed by atoms with van der Waals surface area (Å²) in [4.78, 5) is 8.90. The molecule has 3 N–H and O–H groups in total. The fourth-order valence-corrected chi connectivity index (χ4v) is 1.64. The van der Waals surface area contributed by atoms with E-state index in [1.807, 2.05) is 6.08 Å². The molecule has 1 fully saturated rings. The molecule has 18 heavy (non-hydrogen) atoms. The smallest absolute Gasteiger partial charge is 0.475 e. The van der Waals surface area contributed by atoms with E-state index in [2.05, 4.69) is 18.8 Å². The number of halogens is 3. The molecule has 7 heteroatoms. The van der Waals surface area contributed by atoms with Crippen LogP contribution in [-0.4, -0.2) is 29.1 Å². The number of alkyl halides is 3. The van der Waals surface area contributed by atoms with Gasteiger partial charge in [-0.1, -0.05) is 13.0 Å². The Hall–Kier alpha value is -1.53. The van der Waals surface area contributed by atoms with Crippen molar-refractivity contribution in [2.45, 2.75) is 38.4 Å². The summed E-state index contributed by atoms with van der Waals surface area (Å²) in [5.74, 6) is -1.41. The highest BCUT2D eigenvalue weighted by Crippen LogP contribution is 2.17. The zero-order valence-corrected chi connectivity index (χ0v) is 10.0. The number of carboxylic acid groups (broad SMARTS) is 1. The quantitative estimate of drug-likeness (QED) is 0.672. The summed E-state index contributed by atoms with van der Waals surface area (Å²) in [6, 6.07) is 0.462. The van der Waals surface area contributed by atoms with Crippen molar-refractivity contribution in [2.24, 2.45) is 5.92 Å². The molecule has 0 aromatic rings. The van der Waals surface area contributed by atoms with E-state index >= 15 is 0 Å². The zero-order valence-electron chi connectivity index (χ0n) is 10.0. The highest BCUT2D eigenvalue weighted by molar-refractivity contribution is 5.80. The first-order valence-electron chi connectivity index (χ1n) is 5.41. The Balaban J connectivity index is 0.000000360. The first-order chi connectivity index (χ1) is 8.16. The second-order valence-electron chi connectivity index (χ2n) is 4.19. The average molecular weight is 266 g/mol. The van der Waals surface area contributed by atoms with Crippen LogP contribution in [0.5, 0.6) is 0 Å². The third-order valence-corrected chi connectivity index (χ3v) is 2.31. The minimum atomic E-state index is -5.08. The van der Waals surface area contributed by atoms with Gasteiger partial charge in [0.15, 0.2) is 0 Å². The van der Waals surface area contributed by atoms with Gasteiger partial charge in [-0.2, -0.15) is 13.2 Å². The fourth-order valence-electron chi connectivity index (χ4n) is 1.64. The summed E-state index contributed by atoms with van der Waals surface area (Å²) in [6.45, 7) is 5.89. The Bertz CT molecular complexity index is 316. The summed E-state index contributed by atoms with van der Waals surface area (Å²) < 4.78 is 31.7. The predicted molar refractivity (Wildman–Crippen MR) is 61.6 cm³/mol. The molecule has 0 aromatic heterocycles. The Morgan fingerprint density at radius 3 is 2.50 bits per heavy atom. The largest absolute Gasteiger partial charge is 0.490 e. The van der Waals surface area contributed by atoms with Crippen LogP contribution < -0.4 is 5.32 Å². The number of rotatable bonds is 2. The zero-order chi connectivity index (χ0) is 14.3. The summed E-state index contributed by atoms with van der Waals surface area (Å²) in [5.41, 5.74) is 0. The number of hydrogen-bond acceptors (Lipinski definition) is 2. The molecule has 0 aliphatic carbocycles. The molecule has 0 spiro atoms. The minimum absolute atomic E-state index is 0.462. The summed E-state index contributed by atoms with van der Waals surface area (Å²) in [5, 5.41) is 17.8. The lowest BCUT2D eigenvalue weighted by Crippen LogP contribution is -2.40. The molecule has 1 rings (SSSR count). The molecular formula is C11H17F3N2O2. The van der Waals surface area contributed by atoms with E-state index in [0.717, 1.165) is 12.8 Å². The van der Waals surface area contributed by atoms with E-state index in [4.69, 9.17) is 15.3 Å². The molecule has 4 nitrogen and oxygen atoms in total. The van der Waals surface area contributed by atoms with Crippen LogP contribution in [0.3, 0.4) is 0 Å². The minimum Gasteiger partial charge on any atom is -0.475 e. The van der Waals surface area contributed by atoms with Gasteiger partial charge in [-0.25, -0.2) is 4.79 Å². The van der Waals surface area contributed by atoms with Crippen molar-refractivity contribution in [3.63, 3.8) is 0 Å². The topological polar surface area (TPSA) is 73.2 Å². The molecule has 2 atom stereocenters. The van der Waals surface area contributed by atoms with Crippen LogP contribution in [0.1, 0.15) is 26.2 Å². The van der Waals surface area contributed by atoms with Crippen LogP contribution in [0, 0.1) is 11.3 Å². The number of aliphatic carboxylic acids is 1. The lowest BCUT2D eigenvalue weighted by atomic mass is 9.92. The van der Waals surface area contributed by atoms with Crippen LogP contribution in [0.25, 0.3) is 0 Å². The first kappa shape index (κ1) is 16.5. The van der Waals surface area contributed by atoms with Crippen molar-refractivity contribution < 1.29 is 23.1 Å². The van der Waals surface area contributed by atoms with E-state index in [1.165, 1.54) is 6.42 Å². The fraction of sp³-hybridized carbons (Fsp3) is 0.636. The van der Waals surface area contributed by atoms with E-state index in [1.54, 1.807) is 0 Å². The number of carboxylic acids is 1. The molecule has 0 amide bonds. The molecule has 0 saturated carbocycles. The molecule has 1 aliphatic rings. The van der Waals surface area contributed by atoms with Crippen molar-refractivity contribution >= 4 is 11.8 Å². The normalized spacial score (nSPS) is 23.4. The van der Waals surface area contributed by atoms with E-state index in [-0.39, 0.29) is 0 Å². The van der Waals surface area contributed by atoms with Crippen LogP contribution in [0.2, 0.25) is 0 Å². The molecule has 0 bridgehead atoms. The van der Waals surface area contributed by atoms with Gasteiger partial charge in [-0.3, -0.25) is 5.41 Å². The molecule has 104 valence electrons. The third-order valence-electron chi connectivity index (χ3n) is 2.31. The highest BCUT2D eigenvalue weighted by Gasteiger charge is 2.38. The van der Waals surface area contributed by atoms with Gasteiger partial charge in [0.25, 0.3) is 0 Å². The molecular weight excluding hydrogens is 249 g/mol. The maximum atomic E-state index is 10.6. The molecule has 0 radical (unpaired) electrons. The Kier molecular flexibility index (Phi) is 6.43. The predicted octanol–water partition coefficient (Wildman–Crippen LogP) is 2.56. The van der Waals surface area contributed by atoms with Gasteiger partial charge in [0.1, 0.15) is 0 Å². The molecule has 1 saturated heterocycles. The number of hydrogen-bond donors (Lipinski definition) is 3. The summed E-state index contributed by atoms with van der Waals surface area (Å²) >= 11 is 0. The maximum absolute atomic E-state index is 10.6. The first-order valence-corrected chi connectivity index (χ1v) is 5.41. The van der Waals surface area contributed by atoms with Gasteiger partial charge in [0.2, 0.25) is 0 Å². The Morgan fingerprint density at radius 2 is 2.17 bits per heavy atom. The van der Waals surface area contributed by atoms with Gasteiger partial charge in [0.05, 0.1) is 5.84 Å². The number of amidine groups is 1. The average Bonchev–Trinajstić information content (AvgIpc) is 2.15. The van der Waals surface area contributed by atoms with Crippen molar-refractivity contribution in [1.29, 1.82) is 5.41 Å². The number of piperidine rings is 1. The van der Waals surface area contributed by atoms with E-state index in [0.29, 0.717) is 17.8 Å². The second-order valence-corrected chi connectivity index (χ2v) is 4.19. The monoisotopic (exact) mass is 266 g/mol. The summed E-state index contributed by atoms with van der Waals surface area (Å²) in [6.07, 6.45) is -0.0995. The molecule has 0 aromatic carbocycles. The number of nitrogens with one attached hydrogen (secondary N) is 2. The molecule has 2 unspecified atom stereocenters. The third kappa shape index (κ3) is 6.93. The molecule has 1 aliphatic heterocycles. The van der Waals surface area contributed by atoms with Crippen molar-refractivity contribution in [2.75, 3.05) is 0 Å². The lowest BCUT2D eigenvalue weighted by Gasteiger charge is -2.28. The van der Waals surface area contributed by atoms with Crippen molar-refractivity contribution in [3.8, 4) is 0 Å². The van der Waals surface area contributed by atoms with Gasteiger partial charge in [-0.15, -0.1) is 6.58 Å². The SMILES string of the molecule is C=CCC1CC(C)CC(=N)N1.O=C(O)C(F)(F)F. The second kappa shape index (κ2) is 7.03. The Morgan fingerprint density at radius 1 is 1.67 bits per heavy atom. The maximum Gasteiger partial charge on any atom is 0.490 e. The van der Waals surface area contributed by atoms with Gasteiger partial charge in [-0.05, 0) is 18.8 Å². The van der Waals surface area contributed by atoms with Crippen molar-refractivity contribution in [1.82, 2.24) is 5.32 Å².